The zero-order chi connectivity index (χ0) is 21.4. The maximum atomic E-state index is 14.7. The predicted octanol–water partition coefficient (Wildman–Crippen LogP) is 4.16. The largest absolute Gasteiger partial charge is 0.345 e. The van der Waals surface area contributed by atoms with Gasteiger partial charge in [0.1, 0.15) is 17.2 Å². The second-order valence-electron chi connectivity index (χ2n) is 7.05. The highest BCUT2D eigenvalue weighted by molar-refractivity contribution is 5.95. The molecule has 0 N–H and O–H groups in total. The molecule has 0 aliphatic rings. The van der Waals surface area contributed by atoms with E-state index in [-0.39, 0.29) is 22.6 Å². The van der Waals surface area contributed by atoms with E-state index in [1.807, 2.05) is 11.5 Å². The fraction of sp³-hybridized carbons (Fsp3) is 0.182. The standard InChI is InChI=1S/C22H19F2N5O/c1-4-29-12-25-20-17(11-26-27-21(20)29)13-5-7-18(23)15(9-13)16-10-14(6-8-19(16)24)22(30)28(2)3/h5-12H,4H2,1-3H3. The molecule has 0 saturated heterocycles. The Hall–Kier alpha value is -3.68. The van der Waals surface area contributed by atoms with Gasteiger partial charge < -0.3 is 9.47 Å². The van der Waals surface area contributed by atoms with Gasteiger partial charge in [-0.2, -0.15) is 5.10 Å². The summed E-state index contributed by atoms with van der Waals surface area (Å²) in [5.41, 5.74) is 2.87. The van der Waals surface area contributed by atoms with Gasteiger partial charge in [-0.15, -0.1) is 5.10 Å². The third kappa shape index (κ3) is 3.30. The first-order valence-corrected chi connectivity index (χ1v) is 9.38. The van der Waals surface area contributed by atoms with Gasteiger partial charge in [0.15, 0.2) is 5.65 Å². The van der Waals surface area contributed by atoms with Gasteiger partial charge in [0.2, 0.25) is 0 Å². The minimum Gasteiger partial charge on any atom is -0.345 e. The van der Waals surface area contributed by atoms with Crippen LogP contribution in [0.25, 0.3) is 33.4 Å². The van der Waals surface area contributed by atoms with Crippen LogP contribution in [0.3, 0.4) is 0 Å². The molecule has 4 rings (SSSR count). The molecule has 0 radical (unpaired) electrons. The molecule has 6 nitrogen and oxygen atoms in total. The van der Waals surface area contributed by atoms with Crippen molar-refractivity contribution in [2.45, 2.75) is 13.5 Å². The quantitative estimate of drug-likeness (QED) is 0.510. The van der Waals surface area contributed by atoms with E-state index in [1.165, 1.54) is 29.2 Å². The molecule has 2 aromatic carbocycles. The van der Waals surface area contributed by atoms with Crippen molar-refractivity contribution in [1.82, 2.24) is 24.6 Å². The maximum absolute atomic E-state index is 14.7. The number of nitrogens with zero attached hydrogens (tertiary/aromatic N) is 5. The van der Waals surface area contributed by atoms with E-state index >= 15 is 0 Å². The number of rotatable bonds is 4. The molecule has 8 heteroatoms. The molecule has 0 spiro atoms. The van der Waals surface area contributed by atoms with Crippen LogP contribution >= 0.6 is 0 Å². The Bertz CT molecular complexity index is 1270. The number of halogens is 2. The number of imidazole rings is 1. The third-order valence-corrected chi connectivity index (χ3v) is 4.93. The van der Waals surface area contributed by atoms with Crippen molar-refractivity contribution >= 4 is 17.1 Å². The first-order chi connectivity index (χ1) is 14.4. The first-order valence-electron chi connectivity index (χ1n) is 9.38. The van der Waals surface area contributed by atoms with Gasteiger partial charge in [-0.1, -0.05) is 6.07 Å². The van der Waals surface area contributed by atoms with Crippen molar-refractivity contribution in [3.63, 3.8) is 0 Å². The van der Waals surface area contributed by atoms with Gasteiger partial charge in [0, 0.05) is 42.9 Å². The third-order valence-electron chi connectivity index (χ3n) is 4.93. The molecule has 0 bridgehead atoms. The summed E-state index contributed by atoms with van der Waals surface area (Å²) < 4.78 is 31.2. The lowest BCUT2D eigenvalue weighted by atomic mass is 9.97. The first kappa shape index (κ1) is 19.6. The molecule has 1 amide bonds. The number of hydrogen-bond acceptors (Lipinski definition) is 4. The molecule has 0 atom stereocenters. The van der Waals surface area contributed by atoms with Gasteiger partial charge in [-0.25, -0.2) is 13.8 Å². The van der Waals surface area contributed by atoms with E-state index in [9.17, 15) is 13.6 Å². The summed E-state index contributed by atoms with van der Waals surface area (Å²) in [6.07, 6.45) is 3.22. The van der Waals surface area contributed by atoms with Crippen LogP contribution in [0, 0.1) is 11.6 Å². The summed E-state index contributed by atoms with van der Waals surface area (Å²) in [7, 11) is 3.20. The zero-order valence-electron chi connectivity index (χ0n) is 16.7. The Morgan fingerprint density at radius 3 is 2.43 bits per heavy atom. The van der Waals surface area contributed by atoms with Gasteiger partial charge in [-0.3, -0.25) is 4.79 Å². The van der Waals surface area contributed by atoms with Crippen molar-refractivity contribution in [3.8, 4) is 22.3 Å². The van der Waals surface area contributed by atoms with Crippen LogP contribution in [-0.2, 0) is 6.54 Å². The maximum Gasteiger partial charge on any atom is 0.253 e. The number of benzene rings is 2. The number of aryl methyl sites for hydroxylation is 1. The van der Waals surface area contributed by atoms with E-state index < -0.39 is 11.6 Å². The second-order valence-corrected chi connectivity index (χ2v) is 7.05. The molecular formula is C22H19F2N5O. The summed E-state index contributed by atoms with van der Waals surface area (Å²) in [5, 5.41) is 8.17. The Kier molecular flexibility index (Phi) is 4.99. The lowest BCUT2D eigenvalue weighted by Gasteiger charge is -2.13. The van der Waals surface area contributed by atoms with Crippen LogP contribution < -0.4 is 0 Å². The van der Waals surface area contributed by atoms with Crippen LogP contribution in [0.5, 0.6) is 0 Å². The fourth-order valence-electron chi connectivity index (χ4n) is 3.34. The monoisotopic (exact) mass is 407 g/mol. The van der Waals surface area contributed by atoms with Crippen LogP contribution in [0.4, 0.5) is 8.78 Å². The van der Waals surface area contributed by atoms with Crippen LogP contribution in [-0.4, -0.2) is 44.7 Å². The smallest absolute Gasteiger partial charge is 0.253 e. The molecule has 2 aromatic heterocycles. The summed E-state index contributed by atoms with van der Waals surface area (Å²) in [5.74, 6) is -1.50. The number of carbonyl (C=O) groups excluding carboxylic acids is 1. The Morgan fingerprint density at radius 1 is 1.03 bits per heavy atom. The Morgan fingerprint density at radius 2 is 1.73 bits per heavy atom. The van der Waals surface area contributed by atoms with Crippen molar-refractivity contribution in [1.29, 1.82) is 0 Å². The number of aromatic nitrogens is 4. The van der Waals surface area contributed by atoms with E-state index in [4.69, 9.17) is 0 Å². The van der Waals surface area contributed by atoms with Gasteiger partial charge >= 0.3 is 0 Å². The number of fused-ring (bicyclic) bond motifs is 1. The highest BCUT2D eigenvalue weighted by atomic mass is 19.1. The lowest BCUT2D eigenvalue weighted by Crippen LogP contribution is -2.21. The van der Waals surface area contributed by atoms with Crippen molar-refractivity contribution < 1.29 is 13.6 Å². The molecule has 152 valence electrons. The zero-order valence-corrected chi connectivity index (χ0v) is 16.7. The molecule has 30 heavy (non-hydrogen) atoms. The van der Waals surface area contributed by atoms with Crippen molar-refractivity contribution in [2.24, 2.45) is 0 Å². The van der Waals surface area contributed by atoms with E-state index in [1.54, 1.807) is 38.8 Å². The Labute approximate surface area is 171 Å². The van der Waals surface area contributed by atoms with Crippen LogP contribution in [0.2, 0.25) is 0 Å². The highest BCUT2D eigenvalue weighted by Gasteiger charge is 2.18. The van der Waals surface area contributed by atoms with E-state index in [0.29, 0.717) is 28.8 Å². The van der Waals surface area contributed by atoms with Crippen molar-refractivity contribution in [3.05, 3.63) is 66.1 Å². The van der Waals surface area contributed by atoms with Gasteiger partial charge in [0.25, 0.3) is 5.91 Å². The summed E-state index contributed by atoms with van der Waals surface area (Å²) in [6.45, 7) is 2.65. The number of carbonyl (C=O) groups is 1. The Balaban J connectivity index is 1.88. The molecular weight excluding hydrogens is 388 g/mol. The average molecular weight is 407 g/mol. The molecule has 0 fully saturated rings. The predicted molar refractivity (Wildman–Crippen MR) is 110 cm³/mol. The fourth-order valence-corrected chi connectivity index (χ4v) is 3.34. The SMILES string of the molecule is CCn1cnc2c(-c3ccc(F)c(-c4cc(C(=O)N(C)C)ccc4F)c3)cnnc21. The molecule has 0 saturated carbocycles. The topological polar surface area (TPSA) is 63.9 Å². The average Bonchev–Trinajstić information content (AvgIpc) is 3.17. The van der Waals surface area contributed by atoms with E-state index in [0.717, 1.165) is 0 Å². The molecule has 4 aromatic rings. The highest BCUT2D eigenvalue weighted by Crippen LogP contribution is 2.33. The molecule has 0 aliphatic heterocycles. The van der Waals surface area contributed by atoms with Gasteiger partial charge in [0.05, 0.1) is 12.5 Å². The number of amides is 1. The molecule has 0 unspecified atom stereocenters. The summed E-state index contributed by atoms with van der Waals surface area (Å²) in [4.78, 5) is 18.1. The van der Waals surface area contributed by atoms with Crippen molar-refractivity contribution in [2.75, 3.05) is 14.1 Å². The summed E-state index contributed by atoms with van der Waals surface area (Å²) >= 11 is 0. The minimum atomic E-state index is -0.616. The van der Waals surface area contributed by atoms with Crippen LogP contribution in [0.15, 0.2) is 48.9 Å². The van der Waals surface area contributed by atoms with Crippen LogP contribution in [0.1, 0.15) is 17.3 Å². The minimum absolute atomic E-state index is 0.0133. The molecule has 2 heterocycles. The summed E-state index contributed by atoms with van der Waals surface area (Å²) in [6, 6.07) is 8.33. The van der Waals surface area contributed by atoms with E-state index in [2.05, 4.69) is 15.2 Å². The lowest BCUT2D eigenvalue weighted by molar-refractivity contribution is 0.0827. The molecule has 0 aliphatic carbocycles. The number of hydrogen-bond donors (Lipinski definition) is 0. The second kappa shape index (κ2) is 7.62. The normalized spacial score (nSPS) is 11.1. The van der Waals surface area contributed by atoms with Gasteiger partial charge in [-0.05, 0) is 42.8 Å².